The number of hydrogen-bond donors (Lipinski definition) is 1. The van der Waals surface area contributed by atoms with Crippen molar-refractivity contribution in [2.75, 3.05) is 6.61 Å². The van der Waals surface area contributed by atoms with E-state index in [1.807, 2.05) is 30.3 Å². The van der Waals surface area contributed by atoms with Crippen LogP contribution in [0.3, 0.4) is 0 Å². The monoisotopic (exact) mass is 301 g/mol. The van der Waals surface area contributed by atoms with Gasteiger partial charge in [-0.2, -0.15) is 0 Å². The molecular formula is C17H19NO4. The first kappa shape index (κ1) is 13.8. The summed E-state index contributed by atoms with van der Waals surface area (Å²) in [4.78, 5) is 25.9. The molecule has 1 saturated heterocycles. The molecule has 0 unspecified atom stereocenters. The molecule has 2 aliphatic carbocycles. The molecule has 1 N–H and O–H groups in total. The highest BCUT2D eigenvalue weighted by atomic mass is 16.6. The van der Waals surface area contributed by atoms with Gasteiger partial charge in [-0.05, 0) is 36.7 Å². The fraction of sp³-hybridized carbons (Fsp3) is 0.529. The Morgan fingerprint density at radius 2 is 2.05 bits per heavy atom. The Hall–Kier alpha value is -1.88. The number of carbonyl (C=O) groups excluding carboxylic acids is 2. The van der Waals surface area contributed by atoms with E-state index >= 15 is 0 Å². The number of ether oxygens (including phenoxy) is 1. The highest BCUT2D eigenvalue weighted by Gasteiger charge is 2.57. The SMILES string of the molecule is O=C1OC[C@@H](Cc2ccccc2)N1C(=O)[C@H]1C[C@H]2C[C@@H]2[C@H]1O. The first-order valence-corrected chi connectivity index (χ1v) is 7.87. The molecule has 22 heavy (non-hydrogen) atoms. The van der Waals surface area contributed by atoms with Crippen LogP contribution < -0.4 is 0 Å². The first-order chi connectivity index (χ1) is 10.6. The van der Waals surface area contributed by atoms with Crippen LogP contribution in [0.5, 0.6) is 0 Å². The maximum Gasteiger partial charge on any atom is 0.416 e. The van der Waals surface area contributed by atoms with Gasteiger partial charge < -0.3 is 9.84 Å². The van der Waals surface area contributed by atoms with E-state index in [4.69, 9.17) is 4.74 Å². The summed E-state index contributed by atoms with van der Waals surface area (Å²) in [5.74, 6) is 0.0334. The highest BCUT2D eigenvalue weighted by Crippen LogP contribution is 2.55. The van der Waals surface area contributed by atoms with E-state index in [2.05, 4.69) is 0 Å². The topological polar surface area (TPSA) is 66.8 Å². The summed E-state index contributed by atoms with van der Waals surface area (Å²) >= 11 is 0. The van der Waals surface area contributed by atoms with Gasteiger partial charge in [0.05, 0.1) is 18.1 Å². The van der Waals surface area contributed by atoms with Gasteiger partial charge in [-0.1, -0.05) is 30.3 Å². The van der Waals surface area contributed by atoms with Crippen LogP contribution in [0.25, 0.3) is 0 Å². The molecule has 0 spiro atoms. The number of carbonyl (C=O) groups is 2. The molecule has 0 aromatic heterocycles. The number of fused-ring (bicyclic) bond motifs is 1. The van der Waals surface area contributed by atoms with Crippen molar-refractivity contribution in [2.24, 2.45) is 17.8 Å². The molecule has 5 heteroatoms. The van der Waals surface area contributed by atoms with Crippen molar-refractivity contribution in [1.29, 1.82) is 0 Å². The van der Waals surface area contributed by atoms with Gasteiger partial charge >= 0.3 is 6.09 Å². The second-order valence-electron chi connectivity index (χ2n) is 6.62. The molecule has 4 rings (SSSR count). The van der Waals surface area contributed by atoms with E-state index in [0.717, 1.165) is 12.0 Å². The van der Waals surface area contributed by atoms with E-state index in [1.165, 1.54) is 4.90 Å². The molecule has 1 aromatic carbocycles. The van der Waals surface area contributed by atoms with Crippen LogP contribution in [0.2, 0.25) is 0 Å². The van der Waals surface area contributed by atoms with Crippen molar-refractivity contribution >= 4 is 12.0 Å². The van der Waals surface area contributed by atoms with Crippen LogP contribution in [0.4, 0.5) is 4.79 Å². The fourth-order valence-corrected chi connectivity index (χ4v) is 3.92. The van der Waals surface area contributed by atoms with Gasteiger partial charge in [0.1, 0.15) is 6.61 Å². The van der Waals surface area contributed by atoms with Crippen LogP contribution in [0.15, 0.2) is 30.3 Å². The Labute approximate surface area is 128 Å². The number of aliphatic hydroxyl groups is 1. The Morgan fingerprint density at radius 3 is 2.73 bits per heavy atom. The third kappa shape index (κ3) is 2.20. The lowest BCUT2D eigenvalue weighted by Gasteiger charge is -2.25. The van der Waals surface area contributed by atoms with E-state index in [1.54, 1.807) is 0 Å². The van der Waals surface area contributed by atoms with Crippen LogP contribution in [0, 0.1) is 17.8 Å². The Kier molecular flexibility index (Phi) is 3.18. The van der Waals surface area contributed by atoms with Gasteiger partial charge in [0, 0.05) is 0 Å². The van der Waals surface area contributed by atoms with Crippen molar-refractivity contribution in [3.63, 3.8) is 0 Å². The molecule has 1 aromatic rings. The van der Waals surface area contributed by atoms with E-state index in [0.29, 0.717) is 18.8 Å². The summed E-state index contributed by atoms with van der Waals surface area (Å²) in [6.45, 7) is 0.231. The van der Waals surface area contributed by atoms with Crippen LogP contribution >= 0.6 is 0 Å². The molecule has 1 heterocycles. The minimum atomic E-state index is -0.594. The molecule has 0 radical (unpaired) electrons. The lowest BCUT2D eigenvalue weighted by molar-refractivity contribution is -0.136. The van der Waals surface area contributed by atoms with Crippen molar-refractivity contribution in [3.8, 4) is 0 Å². The molecule has 5 nitrogen and oxygen atoms in total. The van der Waals surface area contributed by atoms with Crippen LogP contribution in [-0.4, -0.2) is 40.8 Å². The molecule has 5 atom stereocenters. The molecule has 2 saturated carbocycles. The average Bonchev–Trinajstić information content (AvgIpc) is 3.11. The second kappa shape index (κ2) is 5.09. The van der Waals surface area contributed by atoms with Gasteiger partial charge in [0.15, 0.2) is 0 Å². The number of cyclic esters (lactones) is 1. The molecule has 3 fully saturated rings. The predicted octanol–water partition coefficient (Wildman–Crippen LogP) is 1.59. The summed E-state index contributed by atoms with van der Waals surface area (Å²) in [6.07, 6.45) is 1.14. The molecule has 3 aliphatic rings. The lowest BCUT2D eigenvalue weighted by Crippen LogP contribution is -2.46. The zero-order chi connectivity index (χ0) is 15.3. The van der Waals surface area contributed by atoms with Crippen molar-refractivity contribution < 1.29 is 19.4 Å². The summed E-state index contributed by atoms with van der Waals surface area (Å²) in [7, 11) is 0. The van der Waals surface area contributed by atoms with E-state index in [9.17, 15) is 14.7 Å². The van der Waals surface area contributed by atoms with Crippen LogP contribution in [-0.2, 0) is 16.0 Å². The third-order valence-corrected chi connectivity index (χ3v) is 5.21. The van der Waals surface area contributed by atoms with Crippen LogP contribution in [0.1, 0.15) is 18.4 Å². The minimum Gasteiger partial charge on any atom is -0.447 e. The minimum absolute atomic E-state index is 0.231. The maximum atomic E-state index is 12.7. The normalized spacial score (nSPS) is 36.1. The number of rotatable bonds is 3. The van der Waals surface area contributed by atoms with Crippen molar-refractivity contribution in [2.45, 2.75) is 31.4 Å². The number of amides is 2. The van der Waals surface area contributed by atoms with Gasteiger partial charge in [-0.3, -0.25) is 4.79 Å². The standard InChI is InChI=1S/C17H19NO4/c19-15-13-7-11(13)8-14(15)16(20)18-12(9-22-17(18)21)6-10-4-2-1-3-5-10/h1-5,11-15,19H,6-9H2/t11-,12-,13+,14+,15-/m1/s1. The van der Waals surface area contributed by atoms with Crippen molar-refractivity contribution in [3.05, 3.63) is 35.9 Å². The number of hydrogen-bond acceptors (Lipinski definition) is 4. The number of nitrogens with zero attached hydrogens (tertiary/aromatic N) is 1. The Bertz CT molecular complexity index is 602. The average molecular weight is 301 g/mol. The van der Waals surface area contributed by atoms with Gasteiger partial charge in [-0.15, -0.1) is 0 Å². The van der Waals surface area contributed by atoms with E-state index < -0.39 is 18.1 Å². The summed E-state index contributed by atoms with van der Waals surface area (Å²) in [5, 5.41) is 10.2. The predicted molar refractivity (Wildman–Crippen MR) is 77.8 cm³/mol. The maximum absolute atomic E-state index is 12.7. The molecule has 2 amide bonds. The lowest BCUT2D eigenvalue weighted by atomic mass is 9.97. The smallest absolute Gasteiger partial charge is 0.416 e. The largest absolute Gasteiger partial charge is 0.447 e. The Balaban J connectivity index is 1.50. The fourth-order valence-electron chi connectivity index (χ4n) is 3.92. The third-order valence-electron chi connectivity index (χ3n) is 5.21. The summed E-state index contributed by atoms with van der Waals surface area (Å²) in [5.41, 5.74) is 1.07. The van der Waals surface area contributed by atoms with E-state index in [-0.39, 0.29) is 24.5 Å². The molecular weight excluding hydrogens is 282 g/mol. The first-order valence-electron chi connectivity index (χ1n) is 7.87. The van der Waals surface area contributed by atoms with Gasteiger partial charge in [0.25, 0.3) is 0 Å². The zero-order valence-electron chi connectivity index (χ0n) is 12.2. The highest BCUT2D eigenvalue weighted by molar-refractivity contribution is 5.95. The zero-order valence-corrected chi connectivity index (χ0v) is 12.2. The molecule has 1 aliphatic heterocycles. The Morgan fingerprint density at radius 1 is 1.27 bits per heavy atom. The molecule has 0 bridgehead atoms. The number of benzene rings is 1. The number of imide groups is 1. The molecule has 116 valence electrons. The number of aliphatic hydroxyl groups excluding tert-OH is 1. The summed E-state index contributed by atoms with van der Waals surface area (Å²) < 4.78 is 5.09. The van der Waals surface area contributed by atoms with Gasteiger partial charge in [-0.25, -0.2) is 9.69 Å². The quantitative estimate of drug-likeness (QED) is 0.921. The second-order valence-corrected chi connectivity index (χ2v) is 6.62. The van der Waals surface area contributed by atoms with Crippen molar-refractivity contribution in [1.82, 2.24) is 4.90 Å². The van der Waals surface area contributed by atoms with Gasteiger partial charge in [0.2, 0.25) is 5.91 Å². The summed E-state index contributed by atoms with van der Waals surface area (Å²) in [6, 6.07) is 9.49.